The molecule has 0 atom stereocenters. The van der Waals surface area contributed by atoms with E-state index in [1.807, 2.05) is 18.2 Å². The third kappa shape index (κ3) is 5.14. The zero-order chi connectivity index (χ0) is 19.9. The highest BCUT2D eigenvalue weighted by Gasteiger charge is 2.13. The summed E-state index contributed by atoms with van der Waals surface area (Å²) in [5.41, 5.74) is 1.40. The molecule has 8 nitrogen and oxygen atoms in total. The van der Waals surface area contributed by atoms with Crippen molar-refractivity contribution in [2.45, 2.75) is 19.9 Å². The maximum atomic E-state index is 12.2. The van der Waals surface area contributed by atoms with E-state index in [1.54, 1.807) is 29.2 Å². The molecule has 0 unspecified atom stereocenters. The van der Waals surface area contributed by atoms with Gasteiger partial charge in [0.05, 0.1) is 24.4 Å². The molecule has 2 aromatic heterocycles. The largest absolute Gasteiger partial charge is 0.461 e. The quantitative estimate of drug-likeness (QED) is 0.563. The Morgan fingerprint density at radius 3 is 2.89 bits per heavy atom. The molecule has 0 aliphatic rings. The first kappa shape index (κ1) is 20.0. The van der Waals surface area contributed by atoms with Gasteiger partial charge >= 0.3 is 5.97 Å². The Morgan fingerprint density at radius 1 is 1.29 bits per heavy atom. The summed E-state index contributed by atoms with van der Waals surface area (Å²) in [6.07, 6.45) is 2.07. The van der Waals surface area contributed by atoms with E-state index in [-0.39, 0.29) is 17.3 Å². The highest BCUT2D eigenvalue weighted by molar-refractivity contribution is 7.09. The number of rotatable bonds is 8. The number of aromatic nitrogens is 4. The molecular formula is C18H18ClN5O3S. The molecular weight excluding hydrogens is 402 g/mol. The number of carbonyl (C=O) groups is 2. The van der Waals surface area contributed by atoms with Gasteiger partial charge in [-0.1, -0.05) is 35.0 Å². The molecule has 0 fully saturated rings. The number of benzene rings is 1. The molecule has 10 heteroatoms. The number of ether oxygens (including phenoxy) is 1. The van der Waals surface area contributed by atoms with Crippen LogP contribution in [0.15, 0.2) is 35.8 Å². The van der Waals surface area contributed by atoms with Crippen LogP contribution in [0.4, 0.5) is 0 Å². The minimum Gasteiger partial charge on any atom is -0.461 e. The van der Waals surface area contributed by atoms with E-state index >= 15 is 0 Å². The number of halogens is 1. The first-order valence-corrected chi connectivity index (χ1v) is 9.86. The van der Waals surface area contributed by atoms with Crippen LogP contribution in [-0.2, 0) is 17.7 Å². The minimum absolute atomic E-state index is 0.221. The molecule has 0 radical (unpaired) electrons. The summed E-state index contributed by atoms with van der Waals surface area (Å²) in [6.45, 7) is 2.84. The van der Waals surface area contributed by atoms with Gasteiger partial charge in [-0.25, -0.2) is 14.5 Å². The van der Waals surface area contributed by atoms with Crippen LogP contribution in [0, 0.1) is 0 Å². The lowest BCUT2D eigenvalue weighted by Crippen LogP contribution is -2.26. The van der Waals surface area contributed by atoms with Crippen molar-refractivity contribution in [3.05, 3.63) is 62.8 Å². The van der Waals surface area contributed by atoms with E-state index in [0.717, 1.165) is 10.6 Å². The van der Waals surface area contributed by atoms with Crippen LogP contribution in [0.5, 0.6) is 0 Å². The van der Waals surface area contributed by atoms with Crippen LogP contribution >= 0.6 is 22.9 Å². The number of thiazole rings is 1. The van der Waals surface area contributed by atoms with Gasteiger partial charge in [0.2, 0.25) is 0 Å². The second kappa shape index (κ2) is 9.43. The van der Waals surface area contributed by atoms with Gasteiger partial charge in [-0.3, -0.25) is 4.79 Å². The van der Waals surface area contributed by atoms with Gasteiger partial charge < -0.3 is 10.1 Å². The van der Waals surface area contributed by atoms with Crippen LogP contribution in [0.3, 0.4) is 0 Å². The second-order valence-corrected chi connectivity index (χ2v) is 7.10. The predicted molar refractivity (Wildman–Crippen MR) is 105 cm³/mol. The summed E-state index contributed by atoms with van der Waals surface area (Å²) in [4.78, 5) is 28.0. The van der Waals surface area contributed by atoms with Crippen molar-refractivity contribution >= 4 is 34.8 Å². The first-order valence-electron chi connectivity index (χ1n) is 8.60. The second-order valence-electron chi connectivity index (χ2n) is 5.75. The fourth-order valence-electron chi connectivity index (χ4n) is 2.38. The summed E-state index contributed by atoms with van der Waals surface area (Å²) >= 11 is 7.48. The average molecular weight is 420 g/mol. The van der Waals surface area contributed by atoms with E-state index in [0.29, 0.717) is 31.1 Å². The number of amides is 1. The number of nitrogens with one attached hydrogen (secondary N) is 1. The molecule has 0 aliphatic carbocycles. The Morgan fingerprint density at radius 2 is 2.11 bits per heavy atom. The zero-order valence-electron chi connectivity index (χ0n) is 15.1. The summed E-state index contributed by atoms with van der Waals surface area (Å²) in [7, 11) is 0. The first-order chi connectivity index (χ1) is 13.6. The molecule has 1 amide bonds. The lowest BCUT2D eigenvalue weighted by atomic mass is 10.2. The van der Waals surface area contributed by atoms with Crippen LogP contribution < -0.4 is 5.32 Å². The molecule has 2 heterocycles. The lowest BCUT2D eigenvalue weighted by molar-refractivity contribution is 0.0520. The summed E-state index contributed by atoms with van der Waals surface area (Å²) in [5.74, 6) is -0.767. The Hall–Kier alpha value is -2.78. The van der Waals surface area contributed by atoms with Gasteiger partial charge in [-0.15, -0.1) is 16.4 Å². The minimum atomic E-state index is -0.441. The van der Waals surface area contributed by atoms with Gasteiger partial charge in [0.15, 0.2) is 11.4 Å². The van der Waals surface area contributed by atoms with Crippen LogP contribution in [0.1, 0.15) is 38.5 Å². The van der Waals surface area contributed by atoms with Crippen LogP contribution in [0.25, 0.3) is 0 Å². The van der Waals surface area contributed by atoms with Gasteiger partial charge in [0.1, 0.15) is 0 Å². The summed E-state index contributed by atoms with van der Waals surface area (Å²) in [6, 6.07) is 7.43. The maximum Gasteiger partial charge on any atom is 0.357 e. The molecule has 0 saturated carbocycles. The van der Waals surface area contributed by atoms with Crippen molar-refractivity contribution in [3.63, 3.8) is 0 Å². The number of carbonyl (C=O) groups excluding carboxylic acids is 2. The maximum absolute atomic E-state index is 12.2. The van der Waals surface area contributed by atoms with E-state index in [4.69, 9.17) is 16.3 Å². The predicted octanol–water partition coefficient (Wildman–Crippen LogP) is 2.59. The van der Waals surface area contributed by atoms with E-state index in [1.165, 1.54) is 11.3 Å². The van der Waals surface area contributed by atoms with E-state index in [9.17, 15) is 9.59 Å². The van der Waals surface area contributed by atoms with Crippen molar-refractivity contribution in [3.8, 4) is 0 Å². The third-order valence-electron chi connectivity index (χ3n) is 3.72. The number of esters is 1. The fourth-order valence-corrected chi connectivity index (χ4v) is 3.34. The molecule has 0 bridgehead atoms. The SMILES string of the molecule is CCOC(=O)c1csc(CCNC(=O)c2cn(Cc3ccccc3Cl)nn2)n1. The van der Waals surface area contributed by atoms with Crippen LogP contribution in [0.2, 0.25) is 5.02 Å². The van der Waals surface area contributed by atoms with Gasteiger partial charge in [0.25, 0.3) is 5.91 Å². The normalized spacial score (nSPS) is 10.6. The zero-order valence-corrected chi connectivity index (χ0v) is 16.7. The number of hydrogen-bond donors (Lipinski definition) is 1. The van der Waals surface area contributed by atoms with Gasteiger partial charge in [-0.05, 0) is 18.6 Å². The van der Waals surface area contributed by atoms with Crippen molar-refractivity contribution in [1.29, 1.82) is 0 Å². The summed E-state index contributed by atoms with van der Waals surface area (Å²) in [5, 5.41) is 13.7. The van der Waals surface area contributed by atoms with Crippen molar-refractivity contribution in [1.82, 2.24) is 25.3 Å². The smallest absolute Gasteiger partial charge is 0.357 e. The highest BCUT2D eigenvalue weighted by Crippen LogP contribution is 2.16. The molecule has 0 saturated heterocycles. The number of nitrogens with zero attached hydrogens (tertiary/aromatic N) is 4. The monoisotopic (exact) mass is 419 g/mol. The third-order valence-corrected chi connectivity index (χ3v) is 5.00. The number of hydrogen-bond acceptors (Lipinski definition) is 7. The molecule has 3 rings (SSSR count). The Labute approximate surface area is 170 Å². The van der Waals surface area contributed by atoms with E-state index in [2.05, 4.69) is 20.6 Å². The highest BCUT2D eigenvalue weighted by atomic mass is 35.5. The van der Waals surface area contributed by atoms with Crippen molar-refractivity contribution in [2.24, 2.45) is 0 Å². The molecule has 146 valence electrons. The molecule has 0 aliphatic heterocycles. The van der Waals surface area contributed by atoms with Gasteiger partial charge in [-0.2, -0.15) is 0 Å². The van der Waals surface area contributed by atoms with E-state index < -0.39 is 5.97 Å². The van der Waals surface area contributed by atoms with Crippen LogP contribution in [-0.4, -0.2) is 45.0 Å². The molecule has 3 aromatic rings. The molecule has 28 heavy (non-hydrogen) atoms. The van der Waals surface area contributed by atoms with Crippen molar-refractivity contribution in [2.75, 3.05) is 13.2 Å². The topological polar surface area (TPSA) is 99.0 Å². The molecule has 1 aromatic carbocycles. The average Bonchev–Trinajstić information content (AvgIpc) is 3.33. The molecule has 0 spiro atoms. The lowest BCUT2D eigenvalue weighted by Gasteiger charge is -2.03. The van der Waals surface area contributed by atoms with Gasteiger partial charge in [0, 0.05) is 23.4 Å². The van der Waals surface area contributed by atoms with Crippen molar-refractivity contribution < 1.29 is 14.3 Å². The molecule has 1 N–H and O–H groups in total. The summed E-state index contributed by atoms with van der Waals surface area (Å²) < 4.78 is 6.46. The Bertz CT molecular complexity index is 972. The standard InChI is InChI=1S/C18H18ClN5O3S/c1-2-27-18(26)15-11-28-16(21-15)7-8-20-17(25)14-10-24(23-22-14)9-12-5-3-4-6-13(12)19/h3-6,10-11H,2,7-9H2,1H3,(H,20,25). The fraction of sp³-hybridized carbons (Fsp3) is 0.278. The Kier molecular flexibility index (Phi) is 6.72. The Balaban J connectivity index is 1.50.